The van der Waals surface area contributed by atoms with Crippen molar-refractivity contribution in [2.75, 3.05) is 14.2 Å². The lowest BCUT2D eigenvalue weighted by Gasteiger charge is -2.27. The van der Waals surface area contributed by atoms with Crippen molar-refractivity contribution in [1.82, 2.24) is 5.32 Å². The van der Waals surface area contributed by atoms with Crippen molar-refractivity contribution in [2.24, 2.45) is 0 Å². The van der Waals surface area contributed by atoms with E-state index in [0.29, 0.717) is 30.4 Å². The van der Waals surface area contributed by atoms with Crippen LogP contribution in [-0.2, 0) is 42.2 Å². The second kappa shape index (κ2) is 10.5. The molecule has 1 aliphatic rings. The molecule has 0 saturated heterocycles. The third kappa shape index (κ3) is 5.45. The van der Waals surface area contributed by atoms with E-state index in [9.17, 15) is 14.4 Å². The molecule has 0 saturated carbocycles. The summed E-state index contributed by atoms with van der Waals surface area (Å²) >= 11 is 0. The summed E-state index contributed by atoms with van der Waals surface area (Å²) < 4.78 is 10.2. The smallest absolute Gasteiger partial charge is 0.228 e. The number of aryl methyl sites for hydroxylation is 1. The molecule has 2 aromatic carbocycles. The Hall–Kier alpha value is -3.67. The van der Waals surface area contributed by atoms with Crippen molar-refractivity contribution in [2.45, 2.75) is 45.6 Å². The van der Waals surface area contributed by atoms with Gasteiger partial charge in [-0.15, -0.1) is 0 Å². The fourth-order valence-corrected chi connectivity index (χ4v) is 4.03. The van der Waals surface area contributed by atoms with Crippen LogP contribution in [0.3, 0.4) is 0 Å². The molecule has 0 atom stereocenters. The summed E-state index contributed by atoms with van der Waals surface area (Å²) in [5, 5.41) is 3.10. The van der Waals surface area contributed by atoms with Crippen LogP contribution in [0.5, 0.6) is 0 Å². The van der Waals surface area contributed by atoms with Gasteiger partial charge in [0.15, 0.2) is 0 Å². The summed E-state index contributed by atoms with van der Waals surface area (Å²) in [6.45, 7) is 5.61. The second-order valence-electron chi connectivity index (χ2n) is 8.86. The maximum Gasteiger partial charge on any atom is 0.228 e. The van der Waals surface area contributed by atoms with Gasteiger partial charge in [0.25, 0.3) is 0 Å². The molecular formula is C28H31NO5. The lowest BCUT2D eigenvalue weighted by Crippen LogP contribution is -2.41. The van der Waals surface area contributed by atoms with E-state index in [1.165, 1.54) is 14.2 Å². The first-order valence-electron chi connectivity index (χ1n) is 11.2. The number of rotatable bonds is 9. The molecule has 0 unspecified atom stereocenters. The standard InChI is InChI=1S/C28H31NO5/c1-18-22(25(32)27(34-5)26(33-4)24(18)31)17-20-13-11-19(12-14-20)15-16-23(30)29-28(2,3)21-9-7-6-8-10-21/h6-14H,15-17H2,1-5H3,(H,29,30). The third-order valence-electron chi connectivity index (χ3n) is 6.09. The Morgan fingerprint density at radius 3 is 2.00 bits per heavy atom. The van der Waals surface area contributed by atoms with E-state index in [-0.39, 0.29) is 29.0 Å². The van der Waals surface area contributed by atoms with Crippen molar-refractivity contribution in [1.29, 1.82) is 0 Å². The normalized spacial score (nSPS) is 14.4. The predicted molar refractivity (Wildman–Crippen MR) is 130 cm³/mol. The molecule has 0 heterocycles. The number of hydrogen-bond acceptors (Lipinski definition) is 5. The number of nitrogens with one attached hydrogen (secondary N) is 1. The first kappa shape index (κ1) is 25.0. The van der Waals surface area contributed by atoms with E-state index in [1.54, 1.807) is 6.92 Å². The Balaban J connectivity index is 1.61. The van der Waals surface area contributed by atoms with Gasteiger partial charge in [-0.3, -0.25) is 14.4 Å². The number of ketones is 2. The monoisotopic (exact) mass is 461 g/mol. The molecule has 0 aromatic heterocycles. The van der Waals surface area contributed by atoms with E-state index in [0.717, 1.165) is 16.7 Å². The van der Waals surface area contributed by atoms with Gasteiger partial charge in [-0.25, -0.2) is 0 Å². The first-order chi connectivity index (χ1) is 16.2. The quantitative estimate of drug-likeness (QED) is 0.567. The zero-order valence-electron chi connectivity index (χ0n) is 20.4. The van der Waals surface area contributed by atoms with Crippen LogP contribution in [-0.4, -0.2) is 31.7 Å². The van der Waals surface area contributed by atoms with Gasteiger partial charge < -0.3 is 14.8 Å². The lowest BCUT2D eigenvalue weighted by molar-refractivity contribution is -0.122. The minimum absolute atomic E-state index is 0.0159. The van der Waals surface area contributed by atoms with Crippen molar-refractivity contribution in [3.8, 4) is 0 Å². The Bertz CT molecular complexity index is 1140. The van der Waals surface area contributed by atoms with Crippen LogP contribution in [0.25, 0.3) is 0 Å². The molecule has 0 bridgehead atoms. The largest absolute Gasteiger partial charge is 0.489 e. The van der Waals surface area contributed by atoms with Crippen molar-refractivity contribution in [3.05, 3.63) is 94.0 Å². The molecule has 34 heavy (non-hydrogen) atoms. The average Bonchev–Trinajstić information content (AvgIpc) is 2.83. The fraction of sp³-hybridized carbons (Fsp3) is 0.321. The van der Waals surface area contributed by atoms with Crippen LogP contribution in [0.2, 0.25) is 0 Å². The Labute approximate surface area is 200 Å². The van der Waals surface area contributed by atoms with Crippen LogP contribution in [0.4, 0.5) is 0 Å². The summed E-state index contributed by atoms with van der Waals surface area (Å²) in [4.78, 5) is 37.9. The summed E-state index contributed by atoms with van der Waals surface area (Å²) in [5.41, 5.74) is 3.28. The maximum absolute atomic E-state index is 12.8. The molecule has 6 heteroatoms. The number of allylic oxidation sites excluding steroid dienone is 2. The summed E-state index contributed by atoms with van der Waals surface area (Å²) in [7, 11) is 2.70. The average molecular weight is 462 g/mol. The van der Waals surface area contributed by atoms with Gasteiger partial charge in [-0.05, 0) is 43.9 Å². The van der Waals surface area contributed by atoms with Gasteiger partial charge >= 0.3 is 0 Å². The summed E-state index contributed by atoms with van der Waals surface area (Å²) in [5.74, 6) is -0.807. The van der Waals surface area contributed by atoms with Gasteiger partial charge in [-0.1, -0.05) is 54.6 Å². The molecule has 0 fully saturated rings. The van der Waals surface area contributed by atoms with Gasteiger partial charge in [0.1, 0.15) is 0 Å². The number of Topliss-reactive ketones (excluding diaryl/α,β-unsaturated/α-hetero) is 2. The first-order valence-corrected chi connectivity index (χ1v) is 11.2. The highest BCUT2D eigenvalue weighted by Gasteiger charge is 2.34. The van der Waals surface area contributed by atoms with Crippen LogP contribution in [0.15, 0.2) is 77.3 Å². The summed E-state index contributed by atoms with van der Waals surface area (Å²) in [6, 6.07) is 17.6. The second-order valence-corrected chi connectivity index (χ2v) is 8.86. The number of hydrogen-bond donors (Lipinski definition) is 1. The number of ether oxygens (including phenoxy) is 2. The Morgan fingerprint density at radius 2 is 1.41 bits per heavy atom. The maximum atomic E-state index is 12.8. The molecule has 1 amide bonds. The highest BCUT2D eigenvalue weighted by Crippen LogP contribution is 2.28. The van der Waals surface area contributed by atoms with Crippen LogP contribution >= 0.6 is 0 Å². The molecule has 3 rings (SSSR count). The predicted octanol–water partition coefficient (Wildman–Crippen LogP) is 4.19. The van der Waals surface area contributed by atoms with E-state index >= 15 is 0 Å². The minimum Gasteiger partial charge on any atom is -0.489 e. The fourth-order valence-electron chi connectivity index (χ4n) is 4.03. The molecule has 1 aliphatic carbocycles. The van der Waals surface area contributed by atoms with Gasteiger partial charge in [0.05, 0.1) is 19.8 Å². The lowest BCUT2D eigenvalue weighted by atomic mass is 9.88. The Kier molecular flexibility index (Phi) is 7.72. The van der Waals surface area contributed by atoms with E-state index < -0.39 is 5.54 Å². The molecular weight excluding hydrogens is 430 g/mol. The Morgan fingerprint density at radius 1 is 0.853 bits per heavy atom. The topological polar surface area (TPSA) is 81.7 Å². The van der Waals surface area contributed by atoms with Crippen LogP contribution < -0.4 is 5.32 Å². The van der Waals surface area contributed by atoms with Crippen LogP contribution in [0, 0.1) is 0 Å². The van der Waals surface area contributed by atoms with Gasteiger partial charge in [-0.2, -0.15) is 0 Å². The molecule has 0 spiro atoms. The van der Waals surface area contributed by atoms with E-state index in [1.807, 2.05) is 68.4 Å². The third-order valence-corrected chi connectivity index (χ3v) is 6.09. The van der Waals surface area contributed by atoms with Gasteiger partial charge in [0, 0.05) is 24.0 Å². The zero-order valence-corrected chi connectivity index (χ0v) is 20.4. The number of benzene rings is 2. The number of carbonyl (C=O) groups excluding carboxylic acids is 3. The highest BCUT2D eigenvalue weighted by molar-refractivity contribution is 6.23. The molecule has 178 valence electrons. The SMILES string of the molecule is COC1=C(OC)C(=O)C(Cc2ccc(CCC(=O)NC(C)(C)c3ccccc3)cc2)=C(C)C1=O. The number of methoxy groups -OCH3 is 2. The van der Waals surface area contributed by atoms with E-state index in [4.69, 9.17) is 9.47 Å². The van der Waals surface area contributed by atoms with E-state index in [2.05, 4.69) is 5.32 Å². The number of carbonyl (C=O) groups is 3. The van der Waals surface area contributed by atoms with Crippen molar-refractivity contribution >= 4 is 17.5 Å². The highest BCUT2D eigenvalue weighted by atomic mass is 16.5. The van der Waals surface area contributed by atoms with Gasteiger partial charge in [0.2, 0.25) is 29.0 Å². The molecule has 0 radical (unpaired) electrons. The van der Waals surface area contributed by atoms with Crippen molar-refractivity contribution in [3.63, 3.8) is 0 Å². The van der Waals surface area contributed by atoms with Crippen molar-refractivity contribution < 1.29 is 23.9 Å². The van der Waals surface area contributed by atoms with Crippen LogP contribution in [0.1, 0.15) is 43.9 Å². The molecule has 6 nitrogen and oxygen atoms in total. The zero-order chi connectivity index (χ0) is 24.9. The molecule has 2 aromatic rings. The summed E-state index contributed by atoms with van der Waals surface area (Å²) in [6.07, 6.45) is 1.28. The minimum atomic E-state index is -0.448. The molecule has 1 N–H and O–H groups in total. The molecule has 0 aliphatic heterocycles. The number of amides is 1.